The Kier molecular flexibility index (Phi) is 7.57. The number of aromatic nitrogens is 2. The van der Waals surface area contributed by atoms with E-state index in [4.69, 9.17) is 9.15 Å². The van der Waals surface area contributed by atoms with E-state index in [0.29, 0.717) is 42.4 Å². The molecule has 1 atom stereocenters. The van der Waals surface area contributed by atoms with Gasteiger partial charge in [-0.05, 0) is 50.1 Å². The van der Waals surface area contributed by atoms with Gasteiger partial charge < -0.3 is 19.6 Å². The van der Waals surface area contributed by atoms with Crippen molar-refractivity contribution in [2.75, 3.05) is 6.54 Å². The lowest BCUT2D eigenvalue weighted by Gasteiger charge is -2.15. The number of aryl methyl sites for hydroxylation is 1. The summed E-state index contributed by atoms with van der Waals surface area (Å²) < 4.78 is 11.3. The van der Waals surface area contributed by atoms with Crippen LogP contribution in [0.1, 0.15) is 44.2 Å². The van der Waals surface area contributed by atoms with E-state index in [0.717, 1.165) is 5.56 Å². The molecule has 3 aromatic rings. The smallest absolute Gasteiger partial charge is 0.247 e. The van der Waals surface area contributed by atoms with E-state index in [9.17, 15) is 9.90 Å². The second kappa shape index (κ2) is 10.5. The van der Waals surface area contributed by atoms with Crippen molar-refractivity contribution in [3.8, 4) is 17.2 Å². The summed E-state index contributed by atoms with van der Waals surface area (Å²) in [7, 11) is 0. The van der Waals surface area contributed by atoms with Gasteiger partial charge in [-0.2, -0.15) is 0 Å². The number of carbonyl (C=O) groups excluding carboxylic acids is 1. The number of ether oxygens (including phenoxy) is 1. The highest BCUT2D eigenvalue weighted by molar-refractivity contribution is 5.75. The zero-order chi connectivity index (χ0) is 21.3. The molecule has 7 heteroatoms. The van der Waals surface area contributed by atoms with E-state index in [1.54, 1.807) is 6.07 Å². The lowest BCUT2D eigenvalue weighted by atomic mass is 10.1. The van der Waals surface area contributed by atoms with Crippen molar-refractivity contribution in [3.05, 3.63) is 66.1 Å². The molecule has 30 heavy (non-hydrogen) atoms. The molecule has 158 valence electrons. The first-order valence-electron chi connectivity index (χ1n) is 10.1. The van der Waals surface area contributed by atoms with E-state index >= 15 is 0 Å². The van der Waals surface area contributed by atoms with Crippen LogP contribution in [0, 0.1) is 0 Å². The quantitative estimate of drug-likeness (QED) is 0.530. The maximum atomic E-state index is 12.1. The summed E-state index contributed by atoms with van der Waals surface area (Å²) in [6.45, 7) is 4.03. The molecule has 0 aliphatic heterocycles. The van der Waals surface area contributed by atoms with Gasteiger partial charge in [0.15, 0.2) is 0 Å². The molecule has 0 radical (unpaired) electrons. The van der Waals surface area contributed by atoms with Crippen LogP contribution in [0.15, 0.2) is 59.0 Å². The minimum absolute atomic E-state index is 0.0553. The second-order valence-electron chi connectivity index (χ2n) is 7.28. The summed E-state index contributed by atoms with van der Waals surface area (Å²) in [6, 6.07) is 16.8. The van der Waals surface area contributed by atoms with Gasteiger partial charge in [-0.3, -0.25) is 4.79 Å². The molecule has 1 amide bonds. The highest BCUT2D eigenvalue weighted by atomic mass is 16.5. The van der Waals surface area contributed by atoms with Crippen LogP contribution < -0.4 is 10.1 Å². The first kappa shape index (κ1) is 21.5. The Morgan fingerprint density at radius 2 is 1.93 bits per heavy atom. The average Bonchev–Trinajstić information content (AvgIpc) is 3.21. The molecule has 1 heterocycles. The number of rotatable bonds is 10. The van der Waals surface area contributed by atoms with Crippen molar-refractivity contribution in [3.63, 3.8) is 0 Å². The molecule has 2 N–H and O–H groups in total. The molecule has 0 fully saturated rings. The van der Waals surface area contributed by atoms with Crippen LogP contribution in [-0.2, 0) is 11.2 Å². The number of nitrogens with zero attached hydrogens (tertiary/aromatic N) is 2. The van der Waals surface area contributed by atoms with E-state index in [2.05, 4.69) is 15.5 Å². The maximum Gasteiger partial charge on any atom is 0.247 e. The lowest BCUT2D eigenvalue weighted by Crippen LogP contribution is -2.28. The Balaban J connectivity index is 1.40. The van der Waals surface area contributed by atoms with Gasteiger partial charge in [-0.1, -0.05) is 30.3 Å². The molecule has 0 spiro atoms. The Labute approximate surface area is 176 Å². The molecule has 0 aliphatic rings. The molecule has 0 bridgehead atoms. The number of aliphatic hydroxyl groups is 1. The molecule has 0 saturated carbocycles. The highest BCUT2D eigenvalue weighted by Gasteiger charge is 2.12. The van der Waals surface area contributed by atoms with Crippen molar-refractivity contribution in [2.45, 2.75) is 45.3 Å². The van der Waals surface area contributed by atoms with Crippen LogP contribution >= 0.6 is 0 Å². The van der Waals surface area contributed by atoms with Gasteiger partial charge in [-0.25, -0.2) is 0 Å². The Morgan fingerprint density at radius 3 is 2.70 bits per heavy atom. The molecule has 1 aromatic heterocycles. The standard InChI is InChI=1S/C23H27N3O4/c1-16(2)29-19-11-6-10-18(14-19)20(27)15-24-21(28)12-7-13-22-25-26-23(30-22)17-8-4-3-5-9-17/h3-6,8-11,14,16,20,27H,7,12-13,15H2,1-2H3,(H,24,28). The van der Waals surface area contributed by atoms with E-state index in [1.807, 2.05) is 62.4 Å². The number of carbonyl (C=O) groups is 1. The lowest BCUT2D eigenvalue weighted by molar-refractivity contribution is -0.121. The van der Waals surface area contributed by atoms with Crippen molar-refractivity contribution in [1.82, 2.24) is 15.5 Å². The first-order valence-corrected chi connectivity index (χ1v) is 10.1. The molecule has 0 saturated heterocycles. The average molecular weight is 409 g/mol. The Morgan fingerprint density at radius 1 is 1.13 bits per heavy atom. The predicted molar refractivity (Wildman–Crippen MR) is 113 cm³/mol. The maximum absolute atomic E-state index is 12.1. The fraction of sp³-hybridized carbons (Fsp3) is 0.348. The van der Waals surface area contributed by atoms with Gasteiger partial charge in [0, 0.05) is 24.9 Å². The summed E-state index contributed by atoms with van der Waals surface area (Å²) in [5.74, 6) is 1.54. The van der Waals surface area contributed by atoms with Crippen LogP contribution in [0.3, 0.4) is 0 Å². The zero-order valence-corrected chi connectivity index (χ0v) is 17.2. The van der Waals surface area contributed by atoms with E-state index < -0.39 is 6.10 Å². The van der Waals surface area contributed by atoms with Gasteiger partial charge in [-0.15, -0.1) is 10.2 Å². The summed E-state index contributed by atoms with van der Waals surface area (Å²) >= 11 is 0. The van der Waals surface area contributed by atoms with Crippen molar-refractivity contribution < 1.29 is 19.1 Å². The van der Waals surface area contributed by atoms with E-state index in [-0.39, 0.29) is 18.6 Å². The van der Waals surface area contributed by atoms with Crippen LogP contribution in [0.5, 0.6) is 5.75 Å². The highest BCUT2D eigenvalue weighted by Crippen LogP contribution is 2.20. The van der Waals surface area contributed by atoms with Crippen molar-refractivity contribution in [1.29, 1.82) is 0 Å². The third kappa shape index (κ3) is 6.42. The fourth-order valence-electron chi connectivity index (χ4n) is 2.94. The van der Waals surface area contributed by atoms with Crippen LogP contribution in [0.4, 0.5) is 0 Å². The molecule has 2 aromatic carbocycles. The predicted octanol–water partition coefficient (Wildman–Crippen LogP) is 3.70. The van der Waals surface area contributed by atoms with Gasteiger partial charge >= 0.3 is 0 Å². The monoisotopic (exact) mass is 409 g/mol. The van der Waals surface area contributed by atoms with Crippen molar-refractivity contribution in [2.24, 2.45) is 0 Å². The first-order chi connectivity index (χ1) is 14.5. The molecule has 3 rings (SSSR count). The minimum atomic E-state index is -0.797. The topological polar surface area (TPSA) is 97.5 Å². The van der Waals surface area contributed by atoms with Crippen LogP contribution in [0.2, 0.25) is 0 Å². The second-order valence-corrected chi connectivity index (χ2v) is 7.28. The third-order valence-electron chi connectivity index (χ3n) is 4.39. The number of hydrogen-bond donors (Lipinski definition) is 2. The molecule has 1 unspecified atom stereocenters. The number of benzene rings is 2. The van der Waals surface area contributed by atoms with Gasteiger partial charge in [0.25, 0.3) is 0 Å². The Hall–Kier alpha value is -3.19. The van der Waals surface area contributed by atoms with Gasteiger partial charge in [0.1, 0.15) is 5.75 Å². The zero-order valence-electron chi connectivity index (χ0n) is 17.2. The number of amides is 1. The number of hydrogen-bond acceptors (Lipinski definition) is 6. The summed E-state index contributed by atoms with van der Waals surface area (Å²) in [5.41, 5.74) is 1.57. The summed E-state index contributed by atoms with van der Waals surface area (Å²) in [6.07, 6.45) is 0.668. The summed E-state index contributed by atoms with van der Waals surface area (Å²) in [4.78, 5) is 12.1. The summed E-state index contributed by atoms with van der Waals surface area (Å²) in [5, 5.41) is 21.2. The van der Waals surface area contributed by atoms with Gasteiger partial charge in [0.2, 0.25) is 17.7 Å². The molecule has 7 nitrogen and oxygen atoms in total. The molecular formula is C23H27N3O4. The number of aliphatic hydroxyl groups excluding tert-OH is 1. The fourth-order valence-corrected chi connectivity index (χ4v) is 2.94. The van der Waals surface area contributed by atoms with E-state index in [1.165, 1.54) is 0 Å². The van der Waals surface area contributed by atoms with Gasteiger partial charge in [0.05, 0.1) is 12.2 Å². The third-order valence-corrected chi connectivity index (χ3v) is 4.39. The molecular weight excluding hydrogens is 382 g/mol. The number of nitrogens with one attached hydrogen (secondary N) is 1. The SMILES string of the molecule is CC(C)Oc1cccc(C(O)CNC(=O)CCCc2nnc(-c3ccccc3)o2)c1. The molecule has 0 aliphatic carbocycles. The normalized spacial score (nSPS) is 12.0. The minimum Gasteiger partial charge on any atom is -0.491 e. The van der Waals surface area contributed by atoms with Crippen LogP contribution in [-0.4, -0.2) is 33.9 Å². The Bertz CT molecular complexity index is 940. The van der Waals surface area contributed by atoms with Crippen LogP contribution in [0.25, 0.3) is 11.5 Å². The largest absolute Gasteiger partial charge is 0.491 e. The van der Waals surface area contributed by atoms with Crippen molar-refractivity contribution >= 4 is 5.91 Å².